The first-order valence-corrected chi connectivity index (χ1v) is 7.87. The van der Waals surface area contributed by atoms with Gasteiger partial charge in [0.1, 0.15) is 11.5 Å². The van der Waals surface area contributed by atoms with Gasteiger partial charge in [-0.05, 0) is 54.4 Å². The summed E-state index contributed by atoms with van der Waals surface area (Å²) in [5.41, 5.74) is 2.60. The molecular formula is C21H18O3. The number of benzene rings is 3. The molecule has 0 saturated carbocycles. The summed E-state index contributed by atoms with van der Waals surface area (Å²) in [5, 5.41) is 0. The van der Waals surface area contributed by atoms with E-state index in [-0.39, 0.29) is 5.97 Å². The van der Waals surface area contributed by atoms with Crippen LogP contribution < -0.4 is 4.74 Å². The van der Waals surface area contributed by atoms with Gasteiger partial charge in [0.25, 0.3) is 0 Å². The number of esters is 1. The van der Waals surface area contributed by atoms with Gasteiger partial charge in [-0.25, -0.2) is 4.79 Å². The van der Waals surface area contributed by atoms with E-state index in [1.807, 2.05) is 66.7 Å². The number of hydrogen-bond acceptors (Lipinski definition) is 3. The Hall–Kier alpha value is -3.07. The van der Waals surface area contributed by atoms with Crippen molar-refractivity contribution in [3.63, 3.8) is 0 Å². The molecule has 0 atom stereocenters. The van der Waals surface area contributed by atoms with Gasteiger partial charge in [0.05, 0.1) is 12.2 Å². The van der Waals surface area contributed by atoms with Gasteiger partial charge in [0, 0.05) is 0 Å². The molecule has 0 unspecified atom stereocenters. The summed E-state index contributed by atoms with van der Waals surface area (Å²) < 4.78 is 10.9. The van der Waals surface area contributed by atoms with Crippen molar-refractivity contribution in [2.45, 2.75) is 6.92 Å². The normalized spacial score (nSPS) is 10.2. The lowest BCUT2D eigenvalue weighted by molar-refractivity contribution is 0.0526. The Morgan fingerprint density at radius 1 is 0.792 bits per heavy atom. The molecule has 0 aliphatic heterocycles. The maximum atomic E-state index is 11.7. The van der Waals surface area contributed by atoms with Gasteiger partial charge >= 0.3 is 5.97 Å². The molecule has 0 aromatic heterocycles. The minimum absolute atomic E-state index is 0.301. The lowest BCUT2D eigenvalue weighted by atomic mass is 10.0. The average molecular weight is 318 g/mol. The average Bonchev–Trinajstić information content (AvgIpc) is 2.63. The Kier molecular flexibility index (Phi) is 4.92. The van der Waals surface area contributed by atoms with E-state index in [1.165, 1.54) is 0 Å². The quantitative estimate of drug-likeness (QED) is 0.597. The second-order valence-corrected chi connectivity index (χ2v) is 5.24. The van der Waals surface area contributed by atoms with Crippen LogP contribution in [0, 0.1) is 0 Å². The number of carbonyl (C=O) groups is 1. The summed E-state index contributed by atoms with van der Waals surface area (Å²) in [7, 11) is 0. The molecule has 3 nitrogen and oxygen atoms in total. The molecule has 3 aromatic carbocycles. The van der Waals surface area contributed by atoms with Crippen LogP contribution in [0.1, 0.15) is 17.3 Å². The van der Waals surface area contributed by atoms with E-state index in [2.05, 4.69) is 0 Å². The zero-order valence-electron chi connectivity index (χ0n) is 13.4. The van der Waals surface area contributed by atoms with E-state index in [9.17, 15) is 4.79 Å². The van der Waals surface area contributed by atoms with Gasteiger partial charge in [-0.1, -0.05) is 42.5 Å². The van der Waals surface area contributed by atoms with E-state index in [4.69, 9.17) is 9.47 Å². The van der Waals surface area contributed by atoms with Crippen LogP contribution in [-0.2, 0) is 4.74 Å². The van der Waals surface area contributed by atoms with Crippen LogP contribution in [0.25, 0.3) is 11.1 Å². The highest BCUT2D eigenvalue weighted by Gasteiger charge is 2.07. The molecule has 0 saturated heterocycles. The van der Waals surface area contributed by atoms with E-state index in [0.717, 1.165) is 22.6 Å². The van der Waals surface area contributed by atoms with E-state index in [0.29, 0.717) is 12.2 Å². The van der Waals surface area contributed by atoms with Gasteiger partial charge in [-0.3, -0.25) is 0 Å². The van der Waals surface area contributed by atoms with Crippen LogP contribution in [0.15, 0.2) is 78.9 Å². The number of carbonyl (C=O) groups excluding carboxylic acids is 1. The smallest absolute Gasteiger partial charge is 0.338 e. The Bertz CT molecular complexity index is 808. The molecule has 3 aromatic rings. The number of para-hydroxylation sites is 1. The fourth-order valence-corrected chi connectivity index (χ4v) is 2.38. The van der Waals surface area contributed by atoms with Crippen LogP contribution >= 0.6 is 0 Å². The first kappa shape index (κ1) is 15.8. The highest BCUT2D eigenvalue weighted by Crippen LogP contribution is 2.27. The second kappa shape index (κ2) is 7.47. The third-order valence-electron chi connectivity index (χ3n) is 3.54. The number of rotatable bonds is 5. The molecule has 120 valence electrons. The van der Waals surface area contributed by atoms with Gasteiger partial charge in [0.15, 0.2) is 0 Å². The Morgan fingerprint density at radius 2 is 1.50 bits per heavy atom. The predicted molar refractivity (Wildman–Crippen MR) is 94.4 cm³/mol. The van der Waals surface area contributed by atoms with Crippen molar-refractivity contribution in [3.05, 3.63) is 84.4 Å². The molecule has 3 rings (SSSR count). The van der Waals surface area contributed by atoms with E-state index in [1.54, 1.807) is 19.1 Å². The maximum Gasteiger partial charge on any atom is 0.338 e. The largest absolute Gasteiger partial charge is 0.462 e. The van der Waals surface area contributed by atoms with Crippen LogP contribution in [0.4, 0.5) is 0 Å². The van der Waals surface area contributed by atoms with Crippen molar-refractivity contribution >= 4 is 5.97 Å². The van der Waals surface area contributed by atoms with Crippen LogP contribution in [0.5, 0.6) is 11.5 Å². The van der Waals surface area contributed by atoms with Gasteiger partial charge < -0.3 is 9.47 Å². The number of hydrogen-bond donors (Lipinski definition) is 0. The summed E-state index contributed by atoms with van der Waals surface area (Å²) in [5.74, 6) is 1.27. The van der Waals surface area contributed by atoms with Crippen molar-refractivity contribution in [3.8, 4) is 22.6 Å². The minimum Gasteiger partial charge on any atom is -0.462 e. The SMILES string of the molecule is CCOC(=O)c1ccc(-c2cccc(Oc3ccccc3)c2)cc1. The standard InChI is InChI=1S/C21H18O3/c1-2-23-21(22)17-13-11-16(12-14-17)18-7-6-10-20(15-18)24-19-8-4-3-5-9-19/h3-15H,2H2,1H3. The second-order valence-electron chi connectivity index (χ2n) is 5.24. The lowest BCUT2D eigenvalue weighted by Gasteiger charge is -2.08. The molecule has 0 bridgehead atoms. The minimum atomic E-state index is -0.301. The maximum absolute atomic E-state index is 11.7. The van der Waals surface area contributed by atoms with Crippen molar-refractivity contribution in [2.24, 2.45) is 0 Å². The monoisotopic (exact) mass is 318 g/mol. The lowest BCUT2D eigenvalue weighted by Crippen LogP contribution is -2.03. The molecule has 3 heteroatoms. The fraction of sp³-hybridized carbons (Fsp3) is 0.0952. The van der Waals surface area contributed by atoms with Crippen molar-refractivity contribution in [1.29, 1.82) is 0 Å². The first-order chi connectivity index (χ1) is 11.8. The van der Waals surface area contributed by atoms with Crippen molar-refractivity contribution in [1.82, 2.24) is 0 Å². The summed E-state index contributed by atoms with van der Waals surface area (Å²) >= 11 is 0. The molecule has 24 heavy (non-hydrogen) atoms. The Labute approximate surface area is 141 Å². The molecule has 0 spiro atoms. The third-order valence-corrected chi connectivity index (χ3v) is 3.54. The summed E-state index contributed by atoms with van der Waals surface area (Å²) in [6.45, 7) is 2.17. The van der Waals surface area contributed by atoms with Gasteiger partial charge in [-0.15, -0.1) is 0 Å². The molecule has 0 heterocycles. The van der Waals surface area contributed by atoms with Gasteiger partial charge in [-0.2, -0.15) is 0 Å². The van der Waals surface area contributed by atoms with Crippen LogP contribution in [0.2, 0.25) is 0 Å². The summed E-state index contributed by atoms with van der Waals surface area (Å²) in [4.78, 5) is 11.7. The molecule has 0 fully saturated rings. The molecule has 0 aliphatic carbocycles. The molecule has 0 N–H and O–H groups in total. The van der Waals surface area contributed by atoms with Crippen molar-refractivity contribution in [2.75, 3.05) is 6.61 Å². The van der Waals surface area contributed by atoms with Gasteiger partial charge in [0.2, 0.25) is 0 Å². The van der Waals surface area contributed by atoms with Crippen LogP contribution in [0.3, 0.4) is 0 Å². The predicted octanol–water partition coefficient (Wildman–Crippen LogP) is 5.32. The van der Waals surface area contributed by atoms with E-state index < -0.39 is 0 Å². The summed E-state index contributed by atoms with van der Waals surface area (Å²) in [6.07, 6.45) is 0. The zero-order chi connectivity index (χ0) is 16.8. The molecule has 0 radical (unpaired) electrons. The third kappa shape index (κ3) is 3.82. The highest BCUT2D eigenvalue weighted by atomic mass is 16.5. The Balaban J connectivity index is 1.80. The van der Waals surface area contributed by atoms with Crippen LogP contribution in [-0.4, -0.2) is 12.6 Å². The van der Waals surface area contributed by atoms with Crippen molar-refractivity contribution < 1.29 is 14.3 Å². The molecule has 0 amide bonds. The molecule has 0 aliphatic rings. The highest BCUT2D eigenvalue weighted by molar-refractivity contribution is 5.90. The topological polar surface area (TPSA) is 35.5 Å². The fourth-order valence-electron chi connectivity index (χ4n) is 2.38. The summed E-state index contributed by atoms with van der Waals surface area (Å²) in [6, 6.07) is 24.9. The number of ether oxygens (including phenoxy) is 2. The van der Waals surface area contributed by atoms with E-state index >= 15 is 0 Å². The first-order valence-electron chi connectivity index (χ1n) is 7.87. The molecular weight excluding hydrogens is 300 g/mol. The zero-order valence-corrected chi connectivity index (χ0v) is 13.4. The Morgan fingerprint density at radius 3 is 2.21 bits per heavy atom.